The second-order valence-electron chi connectivity index (χ2n) is 7.85. The Labute approximate surface area is 190 Å². The fraction of sp³-hybridized carbons (Fsp3) is 0.333. The van der Waals surface area contributed by atoms with E-state index in [1.54, 1.807) is 13.8 Å². The predicted octanol–water partition coefficient (Wildman–Crippen LogP) is 5.27. The highest BCUT2D eigenvalue weighted by atomic mass is 16.5. The van der Waals surface area contributed by atoms with E-state index < -0.39 is 17.9 Å². The maximum Gasteiger partial charge on any atom is 0.336 e. The number of carbonyl (C=O) groups excluding carboxylic acids is 2. The standard InChI is InChI=1S/C27H31NO4/c1-6-31-26(29)23-19(4)28(17-21-11-9-8-10-12-21)20(5)24(27(30)32-7-2)25(23)22-15-13-18(3)14-16-22/h8-16,25H,6-7,17H2,1-5H3. The largest absolute Gasteiger partial charge is 0.463 e. The van der Waals surface area contributed by atoms with Gasteiger partial charge in [0.25, 0.3) is 0 Å². The predicted molar refractivity (Wildman–Crippen MR) is 125 cm³/mol. The van der Waals surface area contributed by atoms with Crippen molar-refractivity contribution in [1.29, 1.82) is 0 Å². The molecule has 0 aromatic heterocycles. The van der Waals surface area contributed by atoms with Crippen molar-refractivity contribution in [2.45, 2.75) is 47.1 Å². The Hall–Kier alpha value is -3.34. The minimum atomic E-state index is -0.555. The molecule has 5 heteroatoms. The number of carbonyl (C=O) groups is 2. The molecule has 3 rings (SSSR count). The number of esters is 2. The summed E-state index contributed by atoms with van der Waals surface area (Å²) in [5, 5.41) is 0. The van der Waals surface area contributed by atoms with E-state index in [2.05, 4.69) is 0 Å². The van der Waals surface area contributed by atoms with E-state index in [1.807, 2.05) is 80.3 Å². The smallest absolute Gasteiger partial charge is 0.336 e. The third-order valence-electron chi connectivity index (χ3n) is 5.75. The van der Waals surface area contributed by atoms with Crippen molar-refractivity contribution in [3.63, 3.8) is 0 Å². The Bertz CT molecular complexity index is 993. The lowest BCUT2D eigenvalue weighted by Gasteiger charge is -2.38. The van der Waals surface area contributed by atoms with Gasteiger partial charge in [0.15, 0.2) is 0 Å². The maximum absolute atomic E-state index is 13.2. The van der Waals surface area contributed by atoms with Crippen LogP contribution >= 0.6 is 0 Å². The first-order valence-electron chi connectivity index (χ1n) is 11.0. The molecule has 2 aromatic rings. The fourth-order valence-corrected chi connectivity index (χ4v) is 4.15. The van der Waals surface area contributed by atoms with Crippen LogP contribution in [-0.4, -0.2) is 30.1 Å². The molecule has 0 radical (unpaired) electrons. The van der Waals surface area contributed by atoms with Gasteiger partial charge in [0.1, 0.15) is 0 Å². The van der Waals surface area contributed by atoms with Crippen LogP contribution in [0.1, 0.15) is 50.3 Å². The minimum absolute atomic E-state index is 0.256. The molecular formula is C27H31NO4. The molecule has 0 bridgehead atoms. The molecule has 32 heavy (non-hydrogen) atoms. The van der Waals surface area contributed by atoms with Crippen LogP contribution in [0.15, 0.2) is 77.1 Å². The Morgan fingerprint density at radius 2 is 1.28 bits per heavy atom. The van der Waals surface area contributed by atoms with Gasteiger partial charge < -0.3 is 14.4 Å². The average molecular weight is 434 g/mol. The van der Waals surface area contributed by atoms with Gasteiger partial charge in [-0.15, -0.1) is 0 Å². The van der Waals surface area contributed by atoms with Gasteiger partial charge in [-0.2, -0.15) is 0 Å². The van der Waals surface area contributed by atoms with Crippen LogP contribution in [0.5, 0.6) is 0 Å². The number of hydrogen-bond donors (Lipinski definition) is 0. The van der Waals surface area contributed by atoms with Gasteiger partial charge in [-0.1, -0.05) is 60.2 Å². The van der Waals surface area contributed by atoms with Crippen molar-refractivity contribution in [1.82, 2.24) is 4.90 Å². The molecule has 0 fully saturated rings. The zero-order valence-corrected chi connectivity index (χ0v) is 19.5. The Morgan fingerprint density at radius 1 is 0.781 bits per heavy atom. The summed E-state index contributed by atoms with van der Waals surface area (Å²) in [5.41, 5.74) is 5.55. The summed E-state index contributed by atoms with van der Waals surface area (Å²) in [6.07, 6.45) is 0. The number of allylic oxidation sites excluding steroid dienone is 2. The quantitative estimate of drug-likeness (QED) is 0.557. The van der Waals surface area contributed by atoms with Crippen LogP contribution in [-0.2, 0) is 25.6 Å². The molecule has 0 N–H and O–H groups in total. The average Bonchev–Trinajstić information content (AvgIpc) is 2.78. The summed E-state index contributed by atoms with van der Waals surface area (Å²) in [4.78, 5) is 28.4. The number of rotatable bonds is 7. The molecule has 0 saturated carbocycles. The van der Waals surface area contributed by atoms with E-state index in [9.17, 15) is 9.59 Å². The lowest BCUT2D eigenvalue weighted by molar-refractivity contribution is -0.139. The normalized spacial score (nSPS) is 14.6. The van der Waals surface area contributed by atoms with Crippen LogP contribution in [0.3, 0.4) is 0 Å². The monoisotopic (exact) mass is 433 g/mol. The van der Waals surface area contributed by atoms with Gasteiger partial charge >= 0.3 is 11.9 Å². The van der Waals surface area contributed by atoms with E-state index in [-0.39, 0.29) is 13.2 Å². The van der Waals surface area contributed by atoms with Crippen LogP contribution in [0.4, 0.5) is 0 Å². The zero-order chi connectivity index (χ0) is 23.3. The summed E-state index contributed by atoms with van der Waals surface area (Å²) < 4.78 is 10.9. The molecule has 0 aliphatic carbocycles. The number of benzene rings is 2. The second-order valence-corrected chi connectivity index (χ2v) is 7.85. The van der Waals surface area contributed by atoms with Crippen molar-refractivity contribution < 1.29 is 19.1 Å². The van der Waals surface area contributed by atoms with Crippen LogP contribution in [0.25, 0.3) is 0 Å². The number of aryl methyl sites for hydroxylation is 1. The second kappa shape index (κ2) is 10.3. The lowest BCUT2D eigenvalue weighted by Crippen LogP contribution is -2.35. The fourth-order valence-electron chi connectivity index (χ4n) is 4.15. The topological polar surface area (TPSA) is 55.8 Å². The number of nitrogens with zero attached hydrogens (tertiary/aromatic N) is 1. The molecule has 1 aliphatic heterocycles. The summed E-state index contributed by atoms with van der Waals surface area (Å²) in [6.45, 7) is 10.5. The first kappa shape index (κ1) is 23.3. The van der Waals surface area contributed by atoms with Crippen molar-refractivity contribution in [2.24, 2.45) is 0 Å². The third kappa shape index (κ3) is 4.77. The van der Waals surface area contributed by atoms with Crippen molar-refractivity contribution in [3.05, 3.63) is 93.8 Å². The number of ether oxygens (including phenoxy) is 2. The highest BCUT2D eigenvalue weighted by Gasteiger charge is 2.40. The molecule has 1 aliphatic rings. The highest BCUT2D eigenvalue weighted by molar-refractivity contribution is 5.99. The van der Waals surface area contributed by atoms with Gasteiger partial charge in [0.2, 0.25) is 0 Å². The van der Waals surface area contributed by atoms with Gasteiger partial charge in [0, 0.05) is 17.9 Å². The molecule has 0 unspecified atom stereocenters. The van der Waals surface area contributed by atoms with Crippen LogP contribution in [0.2, 0.25) is 0 Å². The summed E-state index contributed by atoms with van der Waals surface area (Å²) >= 11 is 0. The Morgan fingerprint density at radius 3 is 1.75 bits per heavy atom. The molecule has 0 atom stereocenters. The molecule has 168 valence electrons. The molecular weight excluding hydrogens is 402 g/mol. The SMILES string of the molecule is CCOC(=O)C1=C(C)N(Cc2ccccc2)C(C)=C(C(=O)OCC)C1c1ccc(C)cc1. The first-order valence-corrected chi connectivity index (χ1v) is 11.0. The Balaban J connectivity index is 2.22. The summed E-state index contributed by atoms with van der Waals surface area (Å²) in [6, 6.07) is 17.9. The Kier molecular flexibility index (Phi) is 7.52. The van der Waals surface area contributed by atoms with Gasteiger partial charge in [-0.05, 0) is 45.7 Å². The zero-order valence-electron chi connectivity index (χ0n) is 19.5. The van der Waals surface area contributed by atoms with Crippen molar-refractivity contribution >= 4 is 11.9 Å². The van der Waals surface area contributed by atoms with Gasteiger partial charge in [0.05, 0.1) is 30.3 Å². The summed E-state index contributed by atoms with van der Waals surface area (Å²) in [7, 11) is 0. The molecule has 0 saturated heterocycles. The minimum Gasteiger partial charge on any atom is -0.463 e. The van der Waals surface area contributed by atoms with E-state index in [0.29, 0.717) is 17.7 Å². The number of hydrogen-bond acceptors (Lipinski definition) is 5. The van der Waals surface area contributed by atoms with Crippen LogP contribution in [0, 0.1) is 6.92 Å². The van der Waals surface area contributed by atoms with Crippen molar-refractivity contribution in [2.75, 3.05) is 13.2 Å². The molecule has 1 heterocycles. The van der Waals surface area contributed by atoms with Crippen molar-refractivity contribution in [3.8, 4) is 0 Å². The van der Waals surface area contributed by atoms with E-state index >= 15 is 0 Å². The highest BCUT2D eigenvalue weighted by Crippen LogP contribution is 2.43. The van der Waals surface area contributed by atoms with E-state index in [1.165, 1.54) is 0 Å². The third-order valence-corrected chi connectivity index (χ3v) is 5.75. The van der Waals surface area contributed by atoms with E-state index in [4.69, 9.17) is 9.47 Å². The van der Waals surface area contributed by atoms with Gasteiger partial charge in [-0.25, -0.2) is 9.59 Å². The summed E-state index contributed by atoms with van der Waals surface area (Å²) in [5.74, 6) is -1.38. The molecule has 0 amide bonds. The lowest BCUT2D eigenvalue weighted by atomic mass is 9.79. The maximum atomic E-state index is 13.2. The molecule has 5 nitrogen and oxygen atoms in total. The van der Waals surface area contributed by atoms with Gasteiger partial charge in [-0.3, -0.25) is 0 Å². The van der Waals surface area contributed by atoms with E-state index in [0.717, 1.165) is 28.1 Å². The van der Waals surface area contributed by atoms with Crippen LogP contribution < -0.4 is 0 Å². The molecule has 0 spiro atoms. The first-order chi connectivity index (χ1) is 15.4. The molecule has 2 aromatic carbocycles.